The first kappa shape index (κ1) is 14.9. The summed E-state index contributed by atoms with van der Waals surface area (Å²) in [5.41, 5.74) is 4.90. The van der Waals surface area contributed by atoms with Crippen molar-refractivity contribution in [2.45, 2.75) is 45.6 Å². The molecule has 23 heavy (non-hydrogen) atoms. The Morgan fingerprint density at radius 2 is 2.00 bits per heavy atom. The molecule has 1 aromatic rings. The quantitative estimate of drug-likeness (QED) is 0.793. The van der Waals surface area contributed by atoms with Crippen molar-refractivity contribution in [2.75, 3.05) is 25.0 Å². The number of benzene rings is 1. The number of hydrogen-bond donors (Lipinski definition) is 0. The van der Waals surface area contributed by atoms with Gasteiger partial charge < -0.3 is 4.90 Å². The first-order valence-corrected chi connectivity index (χ1v) is 8.67. The summed E-state index contributed by atoms with van der Waals surface area (Å²) >= 11 is 0. The van der Waals surface area contributed by atoms with Crippen molar-refractivity contribution < 1.29 is 4.79 Å². The minimum absolute atomic E-state index is 0.171. The summed E-state index contributed by atoms with van der Waals surface area (Å²) in [5.74, 6) is 0.278. The number of rotatable bonds is 1. The number of carbonyl (C=O) groups excluding carboxylic acids is 1. The lowest BCUT2D eigenvalue weighted by Gasteiger charge is -2.47. The Kier molecular flexibility index (Phi) is 2.91. The zero-order chi connectivity index (χ0) is 16.6. The highest BCUT2D eigenvalue weighted by Gasteiger charge is 2.54. The molecule has 0 fully saturated rings. The molecule has 122 valence electrons. The number of fused-ring (bicyclic) bond motifs is 2. The third-order valence-corrected chi connectivity index (χ3v) is 5.93. The van der Waals surface area contributed by atoms with Gasteiger partial charge in [-0.2, -0.15) is 0 Å². The van der Waals surface area contributed by atoms with Gasteiger partial charge in [0.2, 0.25) is 5.91 Å². The number of anilines is 1. The average Bonchev–Trinajstić information content (AvgIpc) is 2.70. The molecule has 0 aromatic heterocycles. The molecule has 3 heteroatoms. The molecule has 0 bridgehead atoms. The summed E-state index contributed by atoms with van der Waals surface area (Å²) in [7, 11) is 2.20. The predicted octanol–water partition coefficient (Wildman–Crippen LogP) is 3.44. The third-order valence-electron chi connectivity index (χ3n) is 5.93. The van der Waals surface area contributed by atoms with Crippen LogP contribution in [0.2, 0.25) is 0 Å². The van der Waals surface area contributed by atoms with Crippen LogP contribution in [0, 0.1) is 5.41 Å². The van der Waals surface area contributed by atoms with Crippen LogP contribution in [-0.4, -0.2) is 37.0 Å². The second kappa shape index (κ2) is 4.47. The highest BCUT2D eigenvalue weighted by Crippen LogP contribution is 2.54. The van der Waals surface area contributed by atoms with Gasteiger partial charge in [-0.05, 0) is 55.5 Å². The van der Waals surface area contributed by atoms with Crippen molar-refractivity contribution in [1.29, 1.82) is 0 Å². The van der Waals surface area contributed by atoms with Gasteiger partial charge in [0, 0.05) is 24.8 Å². The Balaban J connectivity index is 2.00. The minimum Gasteiger partial charge on any atom is -0.312 e. The fraction of sp³-hybridized carbons (Fsp3) is 0.550. The SMILES string of the molecule is CCN1C(=O)C2(C)CC3C(=CC(C)(C)CN3C)c3cccc1c32. The summed E-state index contributed by atoms with van der Waals surface area (Å²) in [4.78, 5) is 17.5. The van der Waals surface area contributed by atoms with Gasteiger partial charge in [0.15, 0.2) is 0 Å². The van der Waals surface area contributed by atoms with Crippen LogP contribution in [0.1, 0.15) is 45.2 Å². The van der Waals surface area contributed by atoms with Crippen LogP contribution >= 0.6 is 0 Å². The summed E-state index contributed by atoms with van der Waals surface area (Å²) in [6, 6.07) is 6.79. The summed E-state index contributed by atoms with van der Waals surface area (Å²) < 4.78 is 0. The molecule has 3 nitrogen and oxygen atoms in total. The van der Waals surface area contributed by atoms with Crippen molar-refractivity contribution >= 4 is 17.2 Å². The van der Waals surface area contributed by atoms with Gasteiger partial charge in [-0.3, -0.25) is 9.69 Å². The summed E-state index contributed by atoms with van der Waals surface area (Å²) in [5, 5.41) is 0. The van der Waals surface area contributed by atoms with Crippen LogP contribution in [0.15, 0.2) is 24.3 Å². The van der Waals surface area contributed by atoms with E-state index >= 15 is 0 Å². The van der Waals surface area contributed by atoms with E-state index in [4.69, 9.17) is 0 Å². The topological polar surface area (TPSA) is 23.6 Å². The molecule has 0 radical (unpaired) electrons. The standard InChI is InChI=1S/C20H26N2O/c1-6-22-15-9-7-8-13-14-10-19(2,3)12-21(5)16(14)11-20(4,17(13)15)18(22)23/h7-10,16H,6,11-12H2,1-5H3. The predicted molar refractivity (Wildman–Crippen MR) is 94.6 cm³/mol. The number of nitrogens with zero attached hydrogens (tertiary/aromatic N) is 2. The molecule has 1 aliphatic carbocycles. The molecule has 2 atom stereocenters. The monoisotopic (exact) mass is 310 g/mol. The van der Waals surface area contributed by atoms with Gasteiger partial charge in [-0.25, -0.2) is 0 Å². The normalized spacial score (nSPS) is 31.7. The van der Waals surface area contributed by atoms with E-state index in [2.05, 4.69) is 63.9 Å². The maximum absolute atomic E-state index is 13.1. The minimum atomic E-state index is -0.375. The molecule has 4 rings (SSSR count). The molecular formula is C20H26N2O. The van der Waals surface area contributed by atoms with Crippen molar-refractivity contribution in [3.63, 3.8) is 0 Å². The zero-order valence-electron chi connectivity index (χ0n) is 14.8. The average molecular weight is 310 g/mol. The van der Waals surface area contributed by atoms with Gasteiger partial charge in [0.1, 0.15) is 0 Å². The lowest BCUT2D eigenvalue weighted by molar-refractivity contribution is -0.123. The van der Waals surface area contributed by atoms with Gasteiger partial charge >= 0.3 is 0 Å². The van der Waals surface area contributed by atoms with Crippen LogP contribution in [-0.2, 0) is 10.2 Å². The Labute approximate surface area is 139 Å². The zero-order valence-corrected chi connectivity index (χ0v) is 14.8. The van der Waals surface area contributed by atoms with E-state index in [1.54, 1.807) is 0 Å². The van der Waals surface area contributed by atoms with E-state index in [0.717, 1.165) is 25.2 Å². The largest absolute Gasteiger partial charge is 0.312 e. The molecule has 0 spiro atoms. The van der Waals surface area contributed by atoms with Crippen LogP contribution in [0.5, 0.6) is 0 Å². The van der Waals surface area contributed by atoms with E-state index < -0.39 is 0 Å². The highest BCUT2D eigenvalue weighted by atomic mass is 16.2. The first-order valence-electron chi connectivity index (χ1n) is 8.67. The van der Waals surface area contributed by atoms with Crippen LogP contribution in [0.3, 0.4) is 0 Å². The molecule has 1 aromatic carbocycles. The summed E-state index contributed by atoms with van der Waals surface area (Å²) in [6.45, 7) is 10.6. The van der Waals surface area contributed by atoms with Gasteiger partial charge in [0.25, 0.3) is 0 Å². The van der Waals surface area contributed by atoms with Crippen molar-refractivity contribution in [1.82, 2.24) is 4.90 Å². The molecule has 0 N–H and O–H groups in total. The van der Waals surface area contributed by atoms with Crippen LogP contribution in [0.4, 0.5) is 5.69 Å². The number of likely N-dealkylation sites (N-methyl/N-ethyl adjacent to an activating group) is 2. The Morgan fingerprint density at radius 3 is 2.70 bits per heavy atom. The number of amides is 1. The second-order valence-corrected chi connectivity index (χ2v) is 8.30. The highest BCUT2D eigenvalue weighted by molar-refractivity contribution is 6.10. The lowest BCUT2D eigenvalue weighted by Crippen LogP contribution is -2.51. The molecule has 0 saturated heterocycles. The maximum Gasteiger partial charge on any atom is 0.237 e. The molecule has 1 amide bonds. The van der Waals surface area contributed by atoms with Gasteiger partial charge in [-0.1, -0.05) is 32.1 Å². The Hall–Kier alpha value is -1.61. The Morgan fingerprint density at radius 1 is 1.26 bits per heavy atom. The lowest BCUT2D eigenvalue weighted by atomic mass is 9.65. The molecule has 2 heterocycles. The van der Waals surface area contributed by atoms with E-state index in [1.807, 2.05) is 4.90 Å². The fourth-order valence-corrected chi connectivity index (χ4v) is 5.07. The van der Waals surface area contributed by atoms with E-state index in [9.17, 15) is 4.79 Å². The molecular weight excluding hydrogens is 284 g/mol. The maximum atomic E-state index is 13.1. The third kappa shape index (κ3) is 1.83. The second-order valence-electron chi connectivity index (χ2n) is 8.30. The van der Waals surface area contributed by atoms with Crippen LogP contribution in [0.25, 0.3) is 5.57 Å². The molecule has 0 saturated carbocycles. The van der Waals surface area contributed by atoms with Gasteiger partial charge in [-0.15, -0.1) is 0 Å². The molecule has 2 aliphatic heterocycles. The Bertz CT molecular complexity index is 733. The smallest absolute Gasteiger partial charge is 0.237 e. The van der Waals surface area contributed by atoms with Gasteiger partial charge in [0.05, 0.1) is 5.41 Å². The molecule has 3 aliphatic rings. The van der Waals surface area contributed by atoms with E-state index in [1.165, 1.54) is 16.7 Å². The first-order chi connectivity index (χ1) is 10.8. The van der Waals surface area contributed by atoms with E-state index in [0.29, 0.717) is 6.04 Å². The number of hydrogen-bond acceptors (Lipinski definition) is 2. The van der Waals surface area contributed by atoms with E-state index in [-0.39, 0.29) is 16.7 Å². The van der Waals surface area contributed by atoms with Crippen LogP contribution < -0.4 is 4.90 Å². The van der Waals surface area contributed by atoms with Crippen molar-refractivity contribution in [3.8, 4) is 0 Å². The fourth-order valence-electron chi connectivity index (χ4n) is 5.07. The van der Waals surface area contributed by atoms with Crippen molar-refractivity contribution in [3.05, 3.63) is 35.4 Å². The number of carbonyl (C=O) groups is 1. The summed E-state index contributed by atoms with van der Waals surface area (Å²) in [6.07, 6.45) is 3.34. The molecule has 2 unspecified atom stereocenters. The van der Waals surface area contributed by atoms with Crippen molar-refractivity contribution in [2.24, 2.45) is 5.41 Å².